The van der Waals surface area contributed by atoms with Gasteiger partial charge in [-0.1, -0.05) is 24.3 Å². The van der Waals surface area contributed by atoms with Crippen LogP contribution in [0.25, 0.3) is 21.7 Å². The lowest BCUT2D eigenvalue weighted by Gasteiger charge is -2.01. The van der Waals surface area contributed by atoms with Crippen LogP contribution in [0.15, 0.2) is 42.6 Å². The third kappa shape index (κ3) is 0.852. The Bertz CT molecular complexity index is 610. The van der Waals surface area contributed by atoms with Crippen molar-refractivity contribution in [2.24, 2.45) is 0 Å². The maximum atomic E-state index is 9.77. The molecule has 0 saturated carbocycles. The predicted molar refractivity (Wildman–Crippen MR) is 57.5 cm³/mol. The Morgan fingerprint density at radius 3 is 2.64 bits per heavy atom. The molecule has 0 atom stereocenters. The summed E-state index contributed by atoms with van der Waals surface area (Å²) in [7, 11) is 0. The first-order valence-electron chi connectivity index (χ1n) is 4.54. The SMILES string of the molecule is Oc1cc2cc[nH]c2c2ccccc12. The summed E-state index contributed by atoms with van der Waals surface area (Å²) >= 11 is 0. The first-order valence-corrected chi connectivity index (χ1v) is 4.54. The van der Waals surface area contributed by atoms with Crippen LogP contribution in [0.4, 0.5) is 0 Å². The number of hydrogen-bond donors (Lipinski definition) is 2. The van der Waals surface area contributed by atoms with Crippen molar-refractivity contribution < 1.29 is 5.11 Å². The minimum absolute atomic E-state index is 0.340. The molecule has 0 aliphatic carbocycles. The minimum Gasteiger partial charge on any atom is -0.507 e. The summed E-state index contributed by atoms with van der Waals surface area (Å²) in [5.41, 5.74) is 1.08. The van der Waals surface area contributed by atoms with E-state index in [1.54, 1.807) is 6.07 Å². The van der Waals surface area contributed by atoms with Gasteiger partial charge < -0.3 is 10.1 Å². The molecule has 0 fully saturated rings. The van der Waals surface area contributed by atoms with Crippen molar-refractivity contribution >= 4 is 21.7 Å². The van der Waals surface area contributed by atoms with Gasteiger partial charge in [0.05, 0.1) is 5.52 Å². The normalized spacial score (nSPS) is 11.1. The van der Waals surface area contributed by atoms with E-state index in [-0.39, 0.29) is 0 Å². The molecule has 2 aromatic carbocycles. The Kier molecular flexibility index (Phi) is 1.34. The van der Waals surface area contributed by atoms with Gasteiger partial charge in [-0.25, -0.2) is 0 Å². The fourth-order valence-corrected chi connectivity index (χ4v) is 1.88. The van der Waals surface area contributed by atoms with Crippen LogP contribution in [0.2, 0.25) is 0 Å². The van der Waals surface area contributed by atoms with Gasteiger partial charge in [0.25, 0.3) is 0 Å². The lowest BCUT2D eigenvalue weighted by molar-refractivity contribution is 0.482. The van der Waals surface area contributed by atoms with E-state index < -0.39 is 0 Å². The van der Waals surface area contributed by atoms with E-state index in [2.05, 4.69) is 4.98 Å². The summed E-state index contributed by atoms with van der Waals surface area (Å²) in [6, 6.07) is 11.6. The molecule has 0 aliphatic heterocycles. The number of H-pyrrole nitrogens is 1. The molecule has 68 valence electrons. The van der Waals surface area contributed by atoms with E-state index in [0.717, 1.165) is 21.7 Å². The summed E-state index contributed by atoms with van der Waals surface area (Å²) in [5.74, 6) is 0.340. The van der Waals surface area contributed by atoms with Crippen LogP contribution in [0.1, 0.15) is 0 Å². The number of phenolic OH excluding ortho intramolecular Hbond substituents is 1. The Hall–Kier alpha value is -1.96. The molecule has 0 radical (unpaired) electrons. The van der Waals surface area contributed by atoms with Crippen LogP contribution in [0.3, 0.4) is 0 Å². The summed E-state index contributed by atoms with van der Waals surface area (Å²) in [5, 5.41) is 12.8. The number of hydrogen-bond acceptors (Lipinski definition) is 1. The van der Waals surface area contributed by atoms with Crippen molar-refractivity contribution in [1.29, 1.82) is 0 Å². The van der Waals surface area contributed by atoms with E-state index in [4.69, 9.17) is 0 Å². The number of rotatable bonds is 0. The number of benzene rings is 2. The Labute approximate surface area is 80.8 Å². The number of aromatic amines is 1. The van der Waals surface area contributed by atoms with E-state index in [1.807, 2.05) is 36.5 Å². The fourth-order valence-electron chi connectivity index (χ4n) is 1.88. The zero-order chi connectivity index (χ0) is 9.54. The van der Waals surface area contributed by atoms with Gasteiger partial charge in [0, 0.05) is 22.4 Å². The molecule has 3 rings (SSSR count). The highest BCUT2D eigenvalue weighted by molar-refractivity contribution is 6.08. The topological polar surface area (TPSA) is 36.0 Å². The molecule has 1 heterocycles. The Balaban J connectivity index is 2.67. The highest BCUT2D eigenvalue weighted by atomic mass is 16.3. The number of nitrogens with one attached hydrogen (secondary N) is 1. The van der Waals surface area contributed by atoms with Gasteiger partial charge in [0.2, 0.25) is 0 Å². The molecule has 0 bridgehead atoms. The van der Waals surface area contributed by atoms with Crippen LogP contribution < -0.4 is 0 Å². The predicted octanol–water partition coefficient (Wildman–Crippen LogP) is 3.03. The second-order valence-corrected chi connectivity index (χ2v) is 3.38. The molecule has 3 aromatic rings. The largest absolute Gasteiger partial charge is 0.507 e. The standard InChI is InChI=1S/C12H9NO/c14-11-7-8-5-6-13-12(8)10-4-2-1-3-9(10)11/h1-7,13-14H. The second-order valence-electron chi connectivity index (χ2n) is 3.38. The first-order chi connectivity index (χ1) is 6.86. The highest BCUT2D eigenvalue weighted by Gasteiger charge is 2.04. The van der Waals surface area contributed by atoms with Gasteiger partial charge in [-0.05, 0) is 12.1 Å². The van der Waals surface area contributed by atoms with Gasteiger partial charge >= 0.3 is 0 Å². The number of fused-ring (bicyclic) bond motifs is 3. The molecule has 0 amide bonds. The smallest absolute Gasteiger partial charge is 0.124 e. The van der Waals surface area contributed by atoms with Crippen LogP contribution in [0, 0.1) is 0 Å². The molecule has 0 saturated heterocycles. The van der Waals surface area contributed by atoms with Gasteiger partial charge in [0.15, 0.2) is 0 Å². The maximum Gasteiger partial charge on any atom is 0.124 e. The lowest BCUT2D eigenvalue weighted by Crippen LogP contribution is -1.76. The van der Waals surface area contributed by atoms with Crippen LogP contribution in [-0.2, 0) is 0 Å². The Morgan fingerprint density at radius 1 is 1.00 bits per heavy atom. The molecular formula is C12H9NO. The zero-order valence-corrected chi connectivity index (χ0v) is 7.49. The third-order valence-electron chi connectivity index (χ3n) is 2.54. The minimum atomic E-state index is 0.340. The molecule has 14 heavy (non-hydrogen) atoms. The van der Waals surface area contributed by atoms with Crippen LogP contribution in [0.5, 0.6) is 5.75 Å². The summed E-state index contributed by atoms with van der Waals surface area (Å²) in [6.07, 6.45) is 1.89. The average molecular weight is 183 g/mol. The van der Waals surface area contributed by atoms with Crippen LogP contribution >= 0.6 is 0 Å². The number of phenols is 1. The number of aromatic hydroxyl groups is 1. The third-order valence-corrected chi connectivity index (χ3v) is 2.54. The van der Waals surface area contributed by atoms with Crippen molar-refractivity contribution in [2.75, 3.05) is 0 Å². The molecule has 0 unspecified atom stereocenters. The maximum absolute atomic E-state index is 9.77. The van der Waals surface area contributed by atoms with Crippen molar-refractivity contribution in [3.8, 4) is 5.75 Å². The van der Waals surface area contributed by atoms with Gasteiger partial charge in [-0.3, -0.25) is 0 Å². The molecule has 0 spiro atoms. The first kappa shape index (κ1) is 7.44. The van der Waals surface area contributed by atoms with Gasteiger partial charge in [-0.15, -0.1) is 0 Å². The second kappa shape index (κ2) is 2.51. The average Bonchev–Trinajstić information content (AvgIpc) is 2.66. The molecule has 2 nitrogen and oxygen atoms in total. The van der Waals surface area contributed by atoms with Gasteiger partial charge in [0.1, 0.15) is 5.75 Å². The van der Waals surface area contributed by atoms with E-state index >= 15 is 0 Å². The molecule has 0 aliphatic rings. The summed E-state index contributed by atoms with van der Waals surface area (Å²) in [4.78, 5) is 3.18. The molecule has 2 N–H and O–H groups in total. The monoisotopic (exact) mass is 183 g/mol. The summed E-state index contributed by atoms with van der Waals surface area (Å²) in [6.45, 7) is 0. The lowest BCUT2D eigenvalue weighted by atomic mass is 10.1. The van der Waals surface area contributed by atoms with E-state index in [1.165, 1.54) is 0 Å². The highest BCUT2D eigenvalue weighted by Crippen LogP contribution is 2.31. The molecule has 1 aromatic heterocycles. The fraction of sp³-hybridized carbons (Fsp3) is 0. The molecule has 2 heteroatoms. The molecular weight excluding hydrogens is 174 g/mol. The Morgan fingerprint density at radius 2 is 1.79 bits per heavy atom. The van der Waals surface area contributed by atoms with Gasteiger partial charge in [-0.2, -0.15) is 0 Å². The van der Waals surface area contributed by atoms with Crippen molar-refractivity contribution in [3.63, 3.8) is 0 Å². The van der Waals surface area contributed by atoms with Crippen molar-refractivity contribution in [3.05, 3.63) is 42.6 Å². The quantitative estimate of drug-likeness (QED) is 0.552. The van der Waals surface area contributed by atoms with E-state index in [9.17, 15) is 5.11 Å². The summed E-state index contributed by atoms with van der Waals surface area (Å²) < 4.78 is 0. The zero-order valence-electron chi connectivity index (χ0n) is 7.49. The van der Waals surface area contributed by atoms with Crippen molar-refractivity contribution in [1.82, 2.24) is 4.98 Å². The number of aromatic nitrogens is 1. The van der Waals surface area contributed by atoms with Crippen molar-refractivity contribution in [2.45, 2.75) is 0 Å². The van der Waals surface area contributed by atoms with E-state index in [0.29, 0.717) is 5.75 Å². The van der Waals surface area contributed by atoms with Crippen LogP contribution in [-0.4, -0.2) is 10.1 Å².